The molecule has 2 aromatic heterocycles. The van der Waals surface area contributed by atoms with E-state index >= 15 is 0 Å². The molecule has 4 rings (SSSR count). The third-order valence-corrected chi connectivity index (χ3v) is 5.31. The fourth-order valence-electron chi connectivity index (χ4n) is 3.76. The Labute approximate surface area is 158 Å². The zero-order valence-corrected chi connectivity index (χ0v) is 15.5. The molecule has 27 heavy (non-hydrogen) atoms. The fourth-order valence-corrected chi connectivity index (χ4v) is 3.76. The molecule has 1 saturated heterocycles. The summed E-state index contributed by atoms with van der Waals surface area (Å²) in [5.74, 6) is 1.16. The molecule has 0 spiro atoms. The number of nitrogens with one attached hydrogen (secondary N) is 1. The second-order valence-electron chi connectivity index (χ2n) is 7.27. The highest BCUT2D eigenvalue weighted by Gasteiger charge is 2.26. The SMILES string of the molecule is O=C(NC1CCCCC1)N1CCC(Oc2ccc(-n3cccn3)nn2)CC1. The number of nitrogens with zero attached hydrogens (tertiary/aromatic N) is 5. The monoisotopic (exact) mass is 370 g/mol. The number of piperidine rings is 1. The molecule has 2 aromatic rings. The average Bonchev–Trinajstić information content (AvgIpc) is 3.25. The van der Waals surface area contributed by atoms with Gasteiger partial charge >= 0.3 is 6.03 Å². The van der Waals surface area contributed by atoms with Crippen molar-refractivity contribution in [2.75, 3.05) is 13.1 Å². The van der Waals surface area contributed by atoms with Crippen molar-refractivity contribution in [1.29, 1.82) is 0 Å². The third kappa shape index (κ3) is 4.56. The Morgan fingerprint density at radius 1 is 1.07 bits per heavy atom. The van der Waals surface area contributed by atoms with E-state index < -0.39 is 0 Å². The molecule has 8 nitrogen and oxygen atoms in total. The van der Waals surface area contributed by atoms with E-state index in [9.17, 15) is 4.79 Å². The number of urea groups is 1. The molecular weight excluding hydrogens is 344 g/mol. The topological polar surface area (TPSA) is 85.2 Å². The number of carbonyl (C=O) groups excluding carboxylic acids is 1. The van der Waals surface area contributed by atoms with Crippen LogP contribution < -0.4 is 10.1 Å². The predicted molar refractivity (Wildman–Crippen MR) is 99.8 cm³/mol. The Kier molecular flexibility index (Phi) is 5.50. The molecular formula is C19H26N6O2. The molecule has 0 unspecified atom stereocenters. The highest BCUT2D eigenvalue weighted by atomic mass is 16.5. The first kappa shape index (κ1) is 17.8. The Hall–Kier alpha value is -2.64. The lowest BCUT2D eigenvalue weighted by Crippen LogP contribution is -2.49. The van der Waals surface area contributed by atoms with Crippen molar-refractivity contribution in [3.63, 3.8) is 0 Å². The van der Waals surface area contributed by atoms with Crippen LogP contribution in [0, 0.1) is 0 Å². The van der Waals surface area contributed by atoms with Crippen LogP contribution in [0.2, 0.25) is 0 Å². The van der Waals surface area contributed by atoms with E-state index in [0.717, 1.165) is 25.7 Å². The van der Waals surface area contributed by atoms with Crippen LogP contribution in [-0.4, -0.2) is 56.1 Å². The van der Waals surface area contributed by atoms with Crippen molar-refractivity contribution in [1.82, 2.24) is 30.2 Å². The first-order chi connectivity index (χ1) is 13.3. The van der Waals surface area contributed by atoms with Crippen LogP contribution in [0.3, 0.4) is 0 Å². The summed E-state index contributed by atoms with van der Waals surface area (Å²) in [5, 5.41) is 15.6. The number of hydrogen-bond acceptors (Lipinski definition) is 5. The minimum Gasteiger partial charge on any atom is -0.473 e. The van der Waals surface area contributed by atoms with Crippen LogP contribution in [0.5, 0.6) is 5.88 Å². The Bertz CT molecular complexity index is 719. The van der Waals surface area contributed by atoms with Gasteiger partial charge in [0.15, 0.2) is 5.82 Å². The highest BCUT2D eigenvalue weighted by molar-refractivity contribution is 5.74. The second kappa shape index (κ2) is 8.37. The number of ether oxygens (including phenoxy) is 1. The van der Waals surface area contributed by atoms with Gasteiger partial charge in [-0.2, -0.15) is 5.10 Å². The molecule has 1 aliphatic heterocycles. The molecule has 0 radical (unpaired) electrons. The molecule has 1 N–H and O–H groups in total. The van der Waals surface area contributed by atoms with Crippen LogP contribution in [-0.2, 0) is 0 Å². The van der Waals surface area contributed by atoms with E-state index in [1.54, 1.807) is 10.9 Å². The Balaban J connectivity index is 1.24. The maximum Gasteiger partial charge on any atom is 0.317 e. The molecule has 2 fully saturated rings. The van der Waals surface area contributed by atoms with Crippen molar-refractivity contribution in [2.45, 2.75) is 57.1 Å². The van der Waals surface area contributed by atoms with Crippen molar-refractivity contribution < 1.29 is 9.53 Å². The standard InChI is InChI=1S/C19H26N6O2/c26-19(21-15-5-2-1-3-6-15)24-13-9-16(10-14-24)27-18-8-7-17(22-23-18)25-12-4-11-20-25/h4,7-8,11-12,15-16H,1-3,5-6,9-10,13-14H2,(H,21,26). The van der Waals surface area contributed by atoms with Gasteiger partial charge < -0.3 is 15.0 Å². The molecule has 0 aromatic carbocycles. The second-order valence-corrected chi connectivity index (χ2v) is 7.27. The van der Waals surface area contributed by atoms with Gasteiger partial charge in [-0.15, -0.1) is 10.2 Å². The van der Waals surface area contributed by atoms with Crippen LogP contribution >= 0.6 is 0 Å². The summed E-state index contributed by atoms with van der Waals surface area (Å²) in [7, 11) is 0. The van der Waals surface area contributed by atoms with Crippen LogP contribution in [0.15, 0.2) is 30.6 Å². The quantitative estimate of drug-likeness (QED) is 0.894. The summed E-state index contributed by atoms with van der Waals surface area (Å²) in [4.78, 5) is 14.3. The number of amides is 2. The number of likely N-dealkylation sites (tertiary alicyclic amines) is 1. The number of carbonyl (C=O) groups is 1. The molecule has 0 atom stereocenters. The van der Waals surface area contributed by atoms with Crippen molar-refractivity contribution in [3.05, 3.63) is 30.6 Å². The maximum absolute atomic E-state index is 12.4. The normalized spacial score (nSPS) is 19.0. The lowest BCUT2D eigenvalue weighted by Gasteiger charge is -2.33. The summed E-state index contributed by atoms with van der Waals surface area (Å²) in [6.45, 7) is 1.42. The number of rotatable bonds is 4. The van der Waals surface area contributed by atoms with Crippen LogP contribution in [0.25, 0.3) is 5.82 Å². The van der Waals surface area contributed by atoms with Gasteiger partial charge in [0.25, 0.3) is 0 Å². The highest BCUT2D eigenvalue weighted by Crippen LogP contribution is 2.20. The summed E-state index contributed by atoms with van der Waals surface area (Å²) in [6, 6.07) is 5.91. The molecule has 1 saturated carbocycles. The van der Waals surface area contributed by atoms with Crippen LogP contribution in [0.4, 0.5) is 4.79 Å². The van der Waals surface area contributed by atoms with Gasteiger partial charge in [-0.3, -0.25) is 0 Å². The fraction of sp³-hybridized carbons (Fsp3) is 0.579. The molecule has 3 heterocycles. The molecule has 2 aliphatic rings. The zero-order valence-electron chi connectivity index (χ0n) is 15.5. The average molecular weight is 370 g/mol. The van der Waals surface area contributed by atoms with Gasteiger partial charge in [-0.1, -0.05) is 19.3 Å². The van der Waals surface area contributed by atoms with Crippen molar-refractivity contribution in [3.8, 4) is 11.7 Å². The van der Waals surface area contributed by atoms with E-state index in [0.29, 0.717) is 30.8 Å². The van der Waals surface area contributed by atoms with Gasteiger partial charge in [0.1, 0.15) is 6.10 Å². The number of aromatic nitrogens is 4. The third-order valence-electron chi connectivity index (χ3n) is 5.31. The molecule has 1 aliphatic carbocycles. The van der Waals surface area contributed by atoms with E-state index in [2.05, 4.69) is 20.6 Å². The van der Waals surface area contributed by atoms with Gasteiger partial charge in [0, 0.05) is 50.4 Å². The molecule has 2 amide bonds. The van der Waals surface area contributed by atoms with Gasteiger partial charge in [-0.25, -0.2) is 9.48 Å². The van der Waals surface area contributed by atoms with Crippen molar-refractivity contribution >= 4 is 6.03 Å². The van der Waals surface area contributed by atoms with Gasteiger partial charge in [0.05, 0.1) is 0 Å². The summed E-state index contributed by atoms with van der Waals surface area (Å²) in [6.07, 6.45) is 11.2. The minimum absolute atomic E-state index is 0.0635. The lowest BCUT2D eigenvalue weighted by atomic mass is 9.96. The summed E-state index contributed by atoms with van der Waals surface area (Å²) < 4.78 is 7.60. The summed E-state index contributed by atoms with van der Waals surface area (Å²) in [5.41, 5.74) is 0. The Morgan fingerprint density at radius 2 is 1.89 bits per heavy atom. The predicted octanol–water partition coefficient (Wildman–Crippen LogP) is 2.55. The van der Waals surface area contributed by atoms with Gasteiger partial charge in [-0.05, 0) is 25.0 Å². The lowest BCUT2D eigenvalue weighted by molar-refractivity contribution is 0.105. The Morgan fingerprint density at radius 3 is 2.56 bits per heavy atom. The van der Waals surface area contributed by atoms with Crippen molar-refractivity contribution in [2.24, 2.45) is 0 Å². The van der Waals surface area contributed by atoms with E-state index in [4.69, 9.17) is 4.74 Å². The summed E-state index contributed by atoms with van der Waals surface area (Å²) >= 11 is 0. The first-order valence-electron chi connectivity index (χ1n) is 9.84. The van der Waals surface area contributed by atoms with Gasteiger partial charge in [0.2, 0.25) is 5.88 Å². The largest absolute Gasteiger partial charge is 0.473 e. The van der Waals surface area contributed by atoms with E-state index in [1.807, 2.05) is 29.3 Å². The molecule has 0 bridgehead atoms. The minimum atomic E-state index is 0.0635. The molecule has 8 heteroatoms. The molecule has 144 valence electrons. The zero-order chi connectivity index (χ0) is 18.5. The van der Waals surface area contributed by atoms with E-state index in [1.165, 1.54) is 19.3 Å². The smallest absolute Gasteiger partial charge is 0.317 e. The van der Waals surface area contributed by atoms with Crippen LogP contribution in [0.1, 0.15) is 44.9 Å². The number of hydrogen-bond donors (Lipinski definition) is 1. The maximum atomic E-state index is 12.4. The van der Waals surface area contributed by atoms with E-state index in [-0.39, 0.29) is 12.1 Å². The first-order valence-corrected chi connectivity index (χ1v) is 9.84.